The second-order valence-electron chi connectivity index (χ2n) is 4.60. The van der Waals surface area contributed by atoms with Crippen LogP contribution >= 0.6 is 0 Å². The van der Waals surface area contributed by atoms with Crippen molar-refractivity contribution in [1.82, 2.24) is 10.4 Å². The van der Waals surface area contributed by atoms with Crippen LogP contribution in [0, 0.1) is 5.92 Å². The monoisotopic (exact) mass is 198 g/mol. The molecule has 2 bridgehead atoms. The van der Waals surface area contributed by atoms with Gasteiger partial charge in [0, 0.05) is 25.6 Å². The number of fused-ring (bicyclic) bond motifs is 2. The van der Waals surface area contributed by atoms with E-state index >= 15 is 0 Å². The lowest BCUT2D eigenvalue weighted by Gasteiger charge is -2.29. The molecule has 4 heteroatoms. The SMILES string of the molecule is CN(O)C(=O)CC1CC2CCC(C1)N2. The maximum atomic E-state index is 11.3. The third-order valence-electron chi connectivity index (χ3n) is 3.39. The quantitative estimate of drug-likeness (QED) is 0.508. The first kappa shape index (κ1) is 9.93. The average molecular weight is 198 g/mol. The highest BCUT2D eigenvalue weighted by atomic mass is 16.5. The normalized spacial score (nSPS) is 35.7. The summed E-state index contributed by atoms with van der Waals surface area (Å²) in [6.45, 7) is 0. The Morgan fingerprint density at radius 2 is 2.00 bits per heavy atom. The summed E-state index contributed by atoms with van der Waals surface area (Å²) in [4.78, 5) is 11.3. The van der Waals surface area contributed by atoms with Gasteiger partial charge in [-0.2, -0.15) is 0 Å². The van der Waals surface area contributed by atoms with Crippen LogP contribution in [-0.4, -0.2) is 35.3 Å². The molecule has 2 heterocycles. The highest BCUT2D eigenvalue weighted by molar-refractivity contribution is 5.74. The van der Waals surface area contributed by atoms with E-state index in [1.165, 1.54) is 19.9 Å². The molecule has 2 saturated heterocycles. The number of hydrogen-bond acceptors (Lipinski definition) is 3. The number of hydroxylamine groups is 2. The first-order valence-electron chi connectivity index (χ1n) is 5.36. The molecule has 0 radical (unpaired) electrons. The van der Waals surface area contributed by atoms with Gasteiger partial charge in [-0.15, -0.1) is 0 Å². The highest BCUT2D eigenvalue weighted by Gasteiger charge is 2.34. The van der Waals surface area contributed by atoms with E-state index in [-0.39, 0.29) is 5.91 Å². The molecule has 0 aromatic heterocycles. The summed E-state index contributed by atoms with van der Waals surface area (Å²) in [5, 5.41) is 13.2. The Bertz CT molecular complexity index is 218. The molecule has 0 aliphatic carbocycles. The summed E-state index contributed by atoms with van der Waals surface area (Å²) in [7, 11) is 1.40. The molecule has 4 nitrogen and oxygen atoms in total. The van der Waals surface area contributed by atoms with E-state index in [1.54, 1.807) is 0 Å². The minimum atomic E-state index is -0.156. The molecule has 2 rings (SSSR count). The Morgan fingerprint density at radius 1 is 1.43 bits per heavy atom. The van der Waals surface area contributed by atoms with Gasteiger partial charge in [0.2, 0.25) is 5.91 Å². The minimum Gasteiger partial charge on any atom is -0.311 e. The summed E-state index contributed by atoms with van der Waals surface area (Å²) in [5.74, 6) is 0.312. The third kappa shape index (κ3) is 2.07. The lowest BCUT2D eigenvalue weighted by Crippen LogP contribution is -2.39. The van der Waals surface area contributed by atoms with Crippen LogP contribution in [0.3, 0.4) is 0 Å². The van der Waals surface area contributed by atoms with Crippen LogP contribution in [0.4, 0.5) is 0 Å². The van der Waals surface area contributed by atoms with Gasteiger partial charge in [0.1, 0.15) is 0 Å². The first-order chi connectivity index (χ1) is 6.65. The second kappa shape index (κ2) is 3.87. The van der Waals surface area contributed by atoms with Crippen molar-refractivity contribution in [3.05, 3.63) is 0 Å². The summed E-state index contributed by atoms with van der Waals surface area (Å²) in [6.07, 6.45) is 5.20. The number of rotatable bonds is 2. The molecule has 0 aromatic carbocycles. The minimum absolute atomic E-state index is 0.156. The maximum absolute atomic E-state index is 11.3. The molecule has 2 N–H and O–H groups in total. The van der Waals surface area contributed by atoms with Crippen molar-refractivity contribution < 1.29 is 10.0 Å². The number of carbonyl (C=O) groups is 1. The zero-order valence-electron chi connectivity index (χ0n) is 8.57. The maximum Gasteiger partial charge on any atom is 0.245 e. The summed E-state index contributed by atoms with van der Waals surface area (Å²) >= 11 is 0. The molecule has 1 amide bonds. The molecular formula is C10H18N2O2. The number of nitrogens with one attached hydrogen (secondary N) is 1. The standard InChI is InChI=1S/C10H18N2O2/c1-12(14)10(13)6-7-4-8-2-3-9(5-7)11-8/h7-9,11,14H,2-6H2,1H3. The van der Waals surface area contributed by atoms with E-state index in [9.17, 15) is 4.79 Å². The fourth-order valence-corrected chi connectivity index (χ4v) is 2.72. The van der Waals surface area contributed by atoms with Gasteiger partial charge in [-0.25, -0.2) is 5.06 Å². The number of piperidine rings is 1. The van der Waals surface area contributed by atoms with Crippen molar-refractivity contribution >= 4 is 5.91 Å². The Morgan fingerprint density at radius 3 is 2.50 bits per heavy atom. The van der Waals surface area contributed by atoms with Crippen molar-refractivity contribution in [3.63, 3.8) is 0 Å². The Labute approximate surface area is 84.2 Å². The number of amides is 1. The van der Waals surface area contributed by atoms with E-state index in [0.717, 1.165) is 12.8 Å². The van der Waals surface area contributed by atoms with Crippen LogP contribution in [-0.2, 0) is 4.79 Å². The lowest BCUT2D eigenvalue weighted by molar-refractivity contribution is -0.160. The average Bonchev–Trinajstić information content (AvgIpc) is 2.45. The summed E-state index contributed by atoms with van der Waals surface area (Å²) < 4.78 is 0. The Hall–Kier alpha value is -0.610. The lowest BCUT2D eigenvalue weighted by atomic mass is 9.89. The van der Waals surface area contributed by atoms with Gasteiger partial charge in [-0.05, 0) is 31.6 Å². The van der Waals surface area contributed by atoms with E-state index in [2.05, 4.69) is 5.32 Å². The summed E-state index contributed by atoms with van der Waals surface area (Å²) in [5.41, 5.74) is 0. The molecule has 0 spiro atoms. The van der Waals surface area contributed by atoms with Gasteiger partial charge < -0.3 is 5.32 Å². The zero-order chi connectivity index (χ0) is 10.1. The fourth-order valence-electron chi connectivity index (χ4n) is 2.72. The fraction of sp³-hybridized carbons (Fsp3) is 0.900. The van der Waals surface area contributed by atoms with Gasteiger partial charge in [0.05, 0.1) is 0 Å². The van der Waals surface area contributed by atoms with Crippen LogP contribution in [0.15, 0.2) is 0 Å². The molecule has 2 fully saturated rings. The van der Waals surface area contributed by atoms with E-state index in [1.807, 2.05) is 0 Å². The predicted octanol–water partition coefficient (Wildman–Crippen LogP) is 0.755. The van der Waals surface area contributed by atoms with Gasteiger partial charge >= 0.3 is 0 Å². The van der Waals surface area contributed by atoms with Crippen LogP contribution in [0.5, 0.6) is 0 Å². The van der Waals surface area contributed by atoms with Crippen LogP contribution in [0.25, 0.3) is 0 Å². The van der Waals surface area contributed by atoms with Crippen LogP contribution in [0.2, 0.25) is 0 Å². The highest BCUT2D eigenvalue weighted by Crippen LogP contribution is 2.32. The van der Waals surface area contributed by atoms with Crippen molar-refractivity contribution in [2.24, 2.45) is 5.92 Å². The molecule has 2 aliphatic heterocycles. The number of hydrogen-bond donors (Lipinski definition) is 2. The van der Waals surface area contributed by atoms with Crippen molar-refractivity contribution in [1.29, 1.82) is 0 Å². The Kier molecular flexibility index (Phi) is 2.74. The Balaban J connectivity index is 1.85. The molecule has 2 unspecified atom stereocenters. The predicted molar refractivity (Wildman–Crippen MR) is 51.8 cm³/mol. The summed E-state index contributed by atoms with van der Waals surface area (Å²) in [6, 6.07) is 1.24. The number of carbonyl (C=O) groups excluding carboxylic acids is 1. The van der Waals surface area contributed by atoms with Crippen molar-refractivity contribution in [3.8, 4) is 0 Å². The van der Waals surface area contributed by atoms with Gasteiger partial charge in [0.25, 0.3) is 0 Å². The molecule has 14 heavy (non-hydrogen) atoms. The molecule has 2 aliphatic rings. The van der Waals surface area contributed by atoms with Gasteiger partial charge in [-0.1, -0.05) is 0 Å². The zero-order valence-corrected chi connectivity index (χ0v) is 8.57. The van der Waals surface area contributed by atoms with E-state index in [4.69, 9.17) is 5.21 Å². The van der Waals surface area contributed by atoms with Crippen LogP contribution < -0.4 is 5.32 Å². The smallest absolute Gasteiger partial charge is 0.245 e. The van der Waals surface area contributed by atoms with Gasteiger partial charge in [0.15, 0.2) is 0 Å². The molecule has 80 valence electrons. The molecule has 2 atom stereocenters. The van der Waals surface area contributed by atoms with Crippen molar-refractivity contribution in [2.45, 2.75) is 44.2 Å². The van der Waals surface area contributed by atoms with Crippen LogP contribution in [0.1, 0.15) is 32.1 Å². The third-order valence-corrected chi connectivity index (χ3v) is 3.39. The molecule has 0 saturated carbocycles. The van der Waals surface area contributed by atoms with Crippen molar-refractivity contribution in [2.75, 3.05) is 7.05 Å². The molecular weight excluding hydrogens is 180 g/mol. The largest absolute Gasteiger partial charge is 0.311 e. The first-order valence-corrected chi connectivity index (χ1v) is 5.36. The van der Waals surface area contributed by atoms with E-state index < -0.39 is 0 Å². The second-order valence-corrected chi connectivity index (χ2v) is 4.60. The number of nitrogens with zero attached hydrogens (tertiary/aromatic N) is 1. The topological polar surface area (TPSA) is 52.6 Å². The van der Waals surface area contributed by atoms with E-state index in [0.29, 0.717) is 29.5 Å². The molecule has 0 aromatic rings. The van der Waals surface area contributed by atoms with Gasteiger partial charge in [-0.3, -0.25) is 10.0 Å².